The molecular formula is C17H26N2O. The lowest BCUT2D eigenvalue weighted by atomic mass is 9.84. The fraction of sp³-hybridized carbons (Fsp3) is 0.647. The summed E-state index contributed by atoms with van der Waals surface area (Å²) in [5.41, 5.74) is 7.42. The monoisotopic (exact) mass is 274 g/mol. The van der Waals surface area contributed by atoms with E-state index in [0.717, 1.165) is 17.7 Å². The van der Waals surface area contributed by atoms with Crippen molar-refractivity contribution in [3.8, 4) is 5.75 Å². The van der Waals surface area contributed by atoms with Gasteiger partial charge in [0.25, 0.3) is 0 Å². The van der Waals surface area contributed by atoms with Crippen molar-refractivity contribution < 1.29 is 4.74 Å². The van der Waals surface area contributed by atoms with Gasteiger partial charge in [0, 0.05) is 18.6 Å². The number of likely N-dealkylation sites (tertiary alicyclic amines) is 1. The molecule has 3 unspecified atom stereocenters. The van der Waals surface area contributed by atoms with Gasteiger partial charge in [-0.05, 0) is 49.4 Å². The highest BCUT2D eigenvalue weighted by atomic mass is 16.5. The number of nitrogens with zero attached hydrogens (tertiary/aromatic N) is 1. The third-order valence-electron chi connectivity index (χ3n) is 5.16. The first-order valence-corrected chi connectivity index (χ1v) is 7.93. The van der Waals surface area contributed by atoms with Gasteiger partial charge in [0.05, 0.1) is 7.11 Å². The summed E-state index contributed by atoms with van der Waals surface area (Å²) in [5.74, 6) is 1.84. The summed E-state index contributed by atoms with van der Waals surface area (Å²) in [7, 11) is 1.73. The molecule has 110 valence electrons. The van der Waals surface area contributed by atoms with Gasteiger partial charge >= 0.3 is 0 Å². The zero-order chi connectivity index (χ0) is 13.9. The van der Waals surface area contributed by atoms with E-state index in [2.05, 4.69) is 23.1 Å². The first-order chi connectivity index (χ1) is 9.83. The molecule has 1 saturated carbocycles. The normalized spacial score (nSPS) is 28.1. The number of benzene rings is 1. The average molecular weight is 274 g/mol. The van der Waals surface area contributed by atoms with Crippen LogP contribution in [0.2, 0.25) is 0 Å². The van der Waals surface area contributed by atoms with Crippen LogP contribution in [0, 0.1) is 5.92 Å². The standard InChI is InChI=1S/C17H26N2O/c1-20-15-7-4-6-14(11-15)17(12-18)19-10-9-13-5-2-3-8-16(13)19/h4,6-7,11,13,16-17H,2-3,5,8-10,12,18H2,1H3. The van der Waals surface area contributed by atoms with Crippen LogP contribution < -0.4 is 10.5 Å². The largest absolute Gasteiger partial charge is 0.497 e. The first kappa shape index (κ1) is 13.9. The molecule has 1 aromatic carbocycles. The van der Waals surface area contributed by atoms with Gasteiger partial charge < -0.3 is 10.5 Å². The predicted octanol–water partition coefficient (Wildman–Crippen LogP) is 2.96. The van der Waals surface area contributed by atoms with E-state index >= 15 is 0 Å². The van der Waals surface area contributed by atoms with Crippen molar-refractivity contribution in [3.05, 3.63) is 29.8 Å². The van der Waals surface area contributed by atoms with Crippen molar-refractivity contribution in [3.63, 3.8) is 0 Å². The van der Waals surface area contributed by atoms with E-state index in [1.165, 1.54) is 44.2 Å². The molecule has 3 nitrogen and oxygen atoms in total. The SMILES string of the molecule is COc1cccc(C(CN)N2CCC3CCCCC32)c1. The minimum atomic E-state index is 0.346. The van der Waals surface area contributed by atoms with Crippen LogP contribution in [0.25, 0.3) is 0 Å². The molecule has 0 radical (unpaired) electrons. The second-order valence-corrected chi connectivity index (χ2v) is 6.17. The summed E-state index contributed by atoms with van der Waals surface area (Å²) in [6, 6.07) is 9.52. The Morgan fingerprint density at radius 2 is 2.15 bits per heavy atom. The second-order valence-electron chi connectivity index (χ2n) is 6.17. The molecule has 3 heteroatoms. The van der Waals surface area contributed by atoms with Crippen LogP contribution in [0.5, 0.6) is 5.75 Å². The highest BCUT2D eigenvalue weighted by Gasteiger charge is 2.38. The lowest BCUT2D eigenvalue weighted by Crippen LogP contribution is -2.40. The topological polar surface area (TPSA) is 38.5 Å². The lowest BCUT2D eigenvalue weighted by Gasteiger charge is -2.37. The van der Waals surface area contributed by atoms with E-state index in [1.807, 2.05) is 6.07 Å². The molecule has 3 rings (SSSR count). The second kappa shape index (κ2) is 6.15. The van der Waals surface area contributed by atoms with Crippen molar-refractivity contribution in [2.75, 3.05) is 20.2 Å². The van der Waals surface area contributed by atoms with Gasteiger partial charge in [-0.3, -0.25) is 4.90 Å². The molecule has 2 fully saturated rings. The third kappa shape index (κ3) is 2.57. The number of ether oxygens (including phenoxy) is 1. The fourth-order valence-corrected chi connectivity index (χ4v) is 4.14. The Labute approximate surface area is 122 Å². The number of rotatable bonds is 4. The molecule has 1 aliphatic heterocycles. The maximum Gasteiger partial charge on any atom is 0.119 e. The van der Waals surface area contributed by atoms with Gasteiger partial charge in [-0.1, -0.05) is 25.0 Å². The number of fused-ring (bicyclic) bond motifs is 1. The summed E-state index contributed by atoms with van der Waals surface area (Å²) >= 11 is 0. The summed E-state index contributed by atoms with van der Waals surface area (Å²) in [6.45, 7) is 1.89. The first-order valence-electron chi connectivity index (χ1n) is 7.93. The van der Waals surface area contributed by atoms with Crippen LogP contribution in [-0.4, -0.2) is 31.1 Å². The van der Waals surface area contributed by atoms with Crippen LogP contribution >= 0.6 is 0 Å². The summed E-state index contributed by atoms with van der Waals surface area (Å²) < 4.78 is 5.36. The molecule has 1 heterocycles. The Balaban J connectivity index is 1.82. The van der Waals surface area contributed by atoms with Crippen molar-refractivity contribution >= 4 is 0 Å². The Morgan fingerprint density at radius 1 is 1.30 bits per heavy atom. The summed E-state index contributed by atoms with van der Waals surface area (Å²) in [5, 5.41) is 0. The van der Waals surface area contributed by atoms with Crippen molar-refractivity contribution in [1.29, 1.82) is 0 Å². The molecule has 1 aromatic rings. The van der Waals surface area contributed by atoms with E-state index in [1.54, 1.807) is 7.11 Å². The maximum atomic E-state index is 6.12. The van der Waals surface area contributed by atoms with E-state index in [-0.39, 0.29) is 0 Å². The number of nitrogens with two attached hydrogens (primary N) is 1. The number of methoxy groups -OCH3 is 1. The van der Waals surface area contributed by atoms with Gasteiger partial charge in [0.1, 0.15) is 5.75 Å². The van der Waals surface area contributed by atoms with Gasteiger partial charge in [-0.25, -0.2) is 0 Å². The zero-order valence-corrected chi connectivity index (χ0v) is 12.4. The van der Waals surface area contributed by atoms with E-state index in [4.69, 9.17) is 10.5 Å². The van der Waals surface area contributed by atoms with Crippen LogP contribution in [0.4, 0.5) is 0 Å². The van der Waals surface area contributed by atoms with Gasteiger partial charge in [-0.15, -0.1) is 0 Å². The number of hydrogen-bond acceptors (Lipinski definition) is 3. The van der Waals surface area contributed by atoms with Crippen molar-refractivity contribution in [2.24, 2.45) is 11.7 Å². The van der Waals surface area contributed by atoms with Gasteiger partial charge in [0.15, 0.2) is 0 Å². The highest BCUT2D eigenvalue weighted by Crippen LogP contribution is 2.40. The Morgan fingerprint density at radius 3 is 2.95 bits per heavy atom. The highest BCUT2D eigenvalue weighted by molar-refractivity contribution is 5.31. The minimum Gasteiger partial charge on any atom is -0.497 e. The number of hydrogen-bond donors (Lipinski definition) is 1. The van der Waals surface area contributed by atoms with E-state index < -0.39 is 0 Å². The molecule has 2 aliphatic rings. The van der Waals surface area contributed by atoms with Crippen LogP contribution in [-0.2, 0) is 0 Å². The summed E-state index contributed by atoms with van der Waals surface area (Å²) in [4.78, 5) is 2.67. The molecule has 0 amide bonds. The Hall–Kier alpha value is -1.06. The molecule has 1 saturated heterocycles. The third-order valence-corrected chi connectivity index (χ3v) is 5.16. The Kier molecular flexibility index (Phi) is 4.27. The molecule has 1 aliphatic carbocycles. The smallest absolute Gasteiger partial charge is 0.119 e. The Bertz CT molecular complexity index is 448. The predicted molar refractivity (Wildman–Crippen MR) is 81.9 cm³/mol. The molecule has 0 aromatic heterocycles. The molecule has 3 atom stereocenters. The fourth-order valence-electron chi connectivity index (χ4n) is 4.14. The molecule has 0 spiro atoms. The maximum absolute atomic E-state index is 6.12. The van der Waals surface area contributed by atoms with Gasteiger partial charge in [-0.2, -0.15) is 0 Å². The minimum absolute atomic E-state index is 0.346. The van der Waals surface area contributed by atoms with Gasteiger partial charge in [0.2, 0.25) is 0 Å². The van der Waals surface area contributed by atoms with E-state index in [0.29, 0.717) is 12.6 Å². The molecule has 20 heavy (non-hydrogen) atoms. The molecular weight excluding hydrogens is 248 g/mol. The van der Waals surface area contributed by atoms with Crippen LogP contribution in [0.15, 0.2) is 24.3 Å². The lowest BCUT2D eigenvalue weighted by molar-refractivity contribution is 0.135. The zero-order valence-electron chi connectivity index (χ0n) is 12.4. The van der Waals surface area contributed by atoms with E-state index in [9.17, 15) is 0 Å². The quantitative estimate of drug-likeness (QED) is 0.917. The molecule has 0 bridgehead atoms. The van der Waals surface area contributed by atoms with Crippen LogP contribution in [0.1, 0.15) is 43.7 Å². The van der Waals surface area contributed by atoms with Crippen molar-refractivity contribution in [2.45, 2.75) is 44.2 Å². The average Bonchev–Trinajstić information content (AvgIpc) is 2.93. The van der Waals surface area contributed by atoms with Crippen molar-refractivity contribution in [1.82, 2.24) is 4.90 Å². The van der Waals surface area contributed by atoms with Crippen LogP contribution in [0.3, 0.4) is 0 Å². The summed E-state index contributed by atoms with van der Waals surface area (Å²) in [6.07, 6.45) is 6.92. The molecule has 2 N–H and O–H groups in total.